The molecule has 1 N–H and O–H groups in total. The molecule has 3 rings (SSSR count). The maximum Gasteiger partial charge on any atom is 0.411 e. The van der Waals surface area contributed by atoms with Crippen LogP contribution in [0.4, 0.5) is 13.2 Å². The molecule has 0 bridgehead atoms. The minimum Gasteiger partial charge on any atom is -0.367 e. The van der Waals surface area contributed by atoms with Crippen molar-refractivity contribution >= 4 is 17.9 Å². The molecule has 2 aromatic carbocycles. The van der Waals surface area contributed by atoms with Crippen molar-refractivity contribution in [3.63, 3.8) is 0 Å². The Morgan fingerprint density at radius 1 is 1.00 bits per heavy atom. The number of amides is 2. The standard InChI is InChI=1S/C25H27F3N2O3/c26-25(27,28)18-33-17-21-8-6-20(7-9-21)16-29-24(32)22-12-14-30(15-13-22)23(31)11-10-19-4-2-1-3-5-19/h1-11,22H,12-18H2,(H,29,32). The van der Waals surface area contributed by atoms with E-state index in [2.05, 4.69) is 10.1 Å². The third-order valence-electron chi connectivity index (χ3n) is 5.42. The molecule has 0 spiro atoms. The van der Waals surface area contributed by atoms with E-state index in [-0.39, 0.29) is 24.3 Å². The summed E-state index contributed by atoms with van der Waals surface area (Å²) in [4.78, 5) is 26.6. The van der Waals surface area contributed by atoms with Gasteiger partial charge in [0, 0.05) is 31.6 Å². The number of nitrogens with one attached hydrogen (secondary N) is 1. The zero-order valence-corrected chi connectivity index (χ0v) is 18.2. The van der Waals surface area contributed by atoms with Crippen LogP contribution in [-0.4, -0.2) is 42.6 Å². The van der Waals surface area contributed by atoms with E-state index in [1.807, 2.05) is 30.3 Å². The highest BCUT2D eigenvalue weighted by Crippen LogP contribution is 2.19. The first-order valence-corrected chi connectivity index (χ1v) is 10.8. The molecular formula is C25H27F3N2O3. The predicted octanol–water partition coefficient (Wildman–Crippen LogP) is 4.33. The summed E-state index contributed by atoms with van der Waals surface area (Å²) < 4.78 is 41.0. The Morgan fingerprint density at radius 2 is 1.64 bits per heavy atom. The monoisotopic (exact) mass is 460 g/mol. The third kappa shape index (κ3) is 8.38. The van der Waals surface area contributed by atoms with Crippen LogP contribution in [0.2, 0.25) is 0 Å². The number of carbonyl (C=O) groups excluding carboxylic acids is 2. The molecular weight excluding hydrogens is 433 g/mol. The lowest BCUT2D eigenvalue weighted by atomic mass is 9.95. The largest absolute Gasteiger partial charge is 0.411 e. The minimum atomic E-state index is -4.34. The van der Waals surface area contributed by atoms with Crippen LogP contribution < -0.4 is 5.32 Å². The van der Waals surface area contributed by atoms with E-state index in [1.165, 1.54) is 0 Å². The second-order valence-corrected chi connectivity index (χ2v) is 7.99. The minimum absolute atomic E-state index is 0.0560. The molecule has 8 heteroatoms. The molecule has 1 heterocycles. The molecule has 0 aromatic heterocycles. The zero-order chi connectivity index (χ0) is 23.7. The van der Waals surface area contributed by atoms with E-state index in [0.29, 0.717) is 38.0 Å². The summed E-state index contributed by atoms with van der Waals surface area (Å²) >= 11 is 0. The topological polar surface area (TPSA) is 58.6 Å². The highest BCUT2D eigenvalue weighted by atomic mass is 19.4. The summed E-state index contributed by atoms with van der Waals surface area (Å²) in [5.74, 6) is -0.265. The number of hydrogen-bond acceptors (Lipinski definition) is 3. The average Bonchev–Trinajstić information content (AvgIpc) is 2.82. The molecule has 2 amide bonds. The van der Waals surface area contributed by atoms with Gasteiger partial charge in [-0.2, -0.15) is 13.2 Å². The van der Waals surface area contributed by atoms with Crippen molar-refractivity contribution in [3.8, 4) is 0 Å². The second kappa shape index (κ2) is 11.7. The van der Waals surface area contributed by atoms with E-state index in [4.69, 9.17) is 0 Å². The van der Waals surface area contributed by atoms with Gasteiger partial charge in [-0.15, -0.1) is 0 Å². The molecule has 1 aliphatic rings. The van der Waals surface area contributed by atoms with E-state index >= 15 is 0 Å². The van der Waals surface area contributed by atoms with E-state index in [9.17, 15) is 22.8 Å². The fourth-order valence-corrected chi connectivity index (χ4v) is 3.57. The van der Waals surface area contributed by atoms with Gasteiger partial charge in [0.25, 0.3) is 0 Å². The van der Waals surface area contributed by atoms with Gasteiger partial charge in [0.1, 0.15) is 6.61 Å². The molecule has 176 valence electrons. The molecule has 1 fully saturated rings. The summed E-state index contributed by atoms with van der Waals surface area (Å²) in [6.07, 6.45) is 0.216. The molecule has 2 aromatic rings. The van der Waals surface area contributed by atoms with Gasteiger partial charge in [-0.25, -0.2) is 0 Å². The summed E-state index contributed by atoms with van der Waals surface area (Å²) in [7, 11) is 0. The van der Waals surface area contributed by atoms with Gasteiger partial charge < -0.3 is 15.0 Å². The third-order valence-corrected chi connectivity index (χ3v) is 5.42. The first kappa shape index (κ1) is 24.5. The van der Waals surface area contributed by atoms with Crippen LogP contribution in [-0.2, 0) is 27.5 Å². The smallest absolute Gasteiger partial charge is 0.367 e. The number of rotatable bonds is 8. The lowest BCUT2D eigenvalue weighted by Gasteiger charge is -2.30. The van der Waals surface area contributed by atoms with Gasteiger partial charge in [-0.05, 0) is 35.6 Å². The molecule has 0 radical (unpaired) electrons. The van der Waals surface area contributed by atoms with Crippen molar-refractivity contribution in [3.05, 3.63) is 77.4 Å². The van der Waals surface area contributed by atoms with E-state index < -0.39 is 12.8 Å². The van der Waals surface area contributed by atoms with Gasteiger partial charge in [-0.1, -0.05) is 54.6 Å². The number of likely N-dealkylation sites (tertiary alicyclic amines) is 1. The molecule has 1 aliphatic heterocycles. The summed E-state index contributed by atoms with van der Waals surface area (Å²) in [6, 6.07) is 16.5. The average molecular weight is 460 g/mol. The highest BCUT2D eigenvalue weighted by Gasteiger charge is 2.27. The van der Waals surface area contributed by atoms with Crippen LogP contribution in [0.15, 0.2) is 60.7 Å². The molecule has 1 saturated heterocycles. The molecule has 0 saturated carbocycles. The van der Waals surface area contributed by atoms with Crippen LogP contribution in [0.3, 0.4) is 0 Å². The highest BCUT2D eigenvalue weighted by molar-refractivity contribution is 5.92. The van der Waals surface area contributed by atoms with Crippen LogP contribution in [0, 0.1) is 5.92 Å². The maximum atomic E-state index is 12.5. The van der Waals surface area contributed by atoms with Crippen molar-refractivity contribution in [1.82, 2.24) is 10.2 Å². The van der Waals surface area contributed by atoms with Crippen molar-refractivity contribution < 1.29 is 27.5 Å². The molecule has 0 unspecified atom stereocenters. The Bertz CT molecular complexity index is 936. The number of ether oxygens (including phenoxy) is 1. The van der Waals surface area contributed by atoms with Gasteiger partial charge >= 0.3 is 6.18 Å². The zero-order valence-electron chi connectivity index (χ0n) is 18.2. The lowest BCUT2D eigenvalue weighted by molar-refractivity contribution is -0.176. The van der Waals surface area contributed by atoms with Gasteiger partial charge in [0.2, 0.25) is 11.8 Å². The Kier molecular flexibility index (Phi) is 8.65. The number of nitrogens with zero attached hydrogens (tertiary/aromatic N) is 1. The quantitative estimate of drug-likeness (QED) is 0.597. The SMILES string of the molecule is O=C(NCc1ccc(COCC(F)(F)F)cc1)C1CCN(C(=O)C=Cc2ccccc2)CC1. The fourth-order valence-electron chi connectivity index (χ4n) is 3.57. The predicted molar refractivity (Wildman–Crippen MR) is 119 cm³/mol. The van der Waals surface area contributed by atoms with Gasteiger partial charge in [0.05, 0.1) is 6.61 Å². The molecule has 0 atom stereocenters. The normalized spacial score (nSPS) is 15.1. The molecule has 0 aliphatic carbocycles. The van der Waals surface area contributed by atoms with E-state index in [1.54, 1.807) is 41.3 Å². The summed E-state index contributed by atoms with van der Waals surface area (Å²) in [5, 5.41) is 2.91. The number of halogens is 3. The molecule has 5 nitrogen and oxygen atoms in total. The Morgan fingerprint density at radius 3 is 2.27 bits per heavy atom. The number of piperidine rings is 1. The van der Waals surface area contributed by atoms with Gasteiger partial charge in [-0.3, -0.25) is 9.59 Å². The van der Waals surface area contributed by atoms with Crippen molar-refractivity contribution in [1.29, 1.82) is 0 Å². The number of carbonyl (C=O) groups is 2. The van der Waals surface area contributed by atoms with Crippen molar-refractivity contribution in [2.75, 3.05) is 19.7 Å². The van der Waals surface area contributed by atoms with Crippen molar-refractivity contribution in [2.45, 2.75) is 32.2 Å². The number of hydrogen-bond donors (Lipinski definition) is 1. The Hall–Kier alpha value is -3.13. The fraction of sp³-hybridized carbons (Fsp3) is 0.360. The van der Waals surface area contributed by atoms with Crippen LogP contribution in [0.25, 0.3) is 6.08 Å². The van der Waals surface area contributed by atoms with Gasteiger partial charge in [0.15, 0.2) is 0 Å². The summed E-state index contributed by atoms with van der Waals surface area (Å²) in [6.45, 7) is -0.00462. The van der Waals surface area contributed by atoms with Crippen molar-refractivity contribution in [2.24, 2.45) is 5.92 Å². The maximum absolute atomic E-state index is 12.5. The summed E-state index contributed by atoms with van der Waals surface area (Å²) in [5.41, 5.74) is 2.44. The first-order valence-electron chi connectivity index (χ1n) is 10.8. The first-order chi connectivity index (χ1) is 15.8. The number of benzene rings is 2. The Balaban J connectivity index is 1.38. The number of alkyl halides is 3. The molecule has 33 heavy (non-hydrogen) atoms. The van der Waals surface area contributed by atoms with E-state index in [0.717, 1.165) is 11.1 Å². The second-order valence-electron chi connectivity index (χ2n) is 7.99. The van der Waals surface area contributed by atoms with Crippen LogP contribution in [0.1, 0.15) is 29.5 Å². The Labute approximate surface area is 191 Å². The lowest BCUT2D eigenvalue weighted by Crippen LogP contribution is -2.42. The van der Waals surface area contributed by atoms with Crippen LogP contribution >= 0.6 is 0 Å². The van der Waals surface area contributed by atoms with Crippen LogP contribution in [0.5, 0.6) is 0 Å².